The number of nitrogens with one attached hydrogen (secondary N) is 6. The monoisotopic (exact) mass is 843 g/mol. The van der Waals surface area contributed by atoms with Gasteiger partial charge >= 0.3 is 0 Å². The van der Waals surface area contributed by atoms with Gasteiger partial charge in [-0.25, -0.2) is 0 Å². The Hall–Kier alpha value is -1.17. The fourth-order valence-electron chi connectivity index (χ4n) is 3.17. The van der Waals surface area contributed by atoms with Crippen molar-refractivity contribution in [2.45, 2.75) is 120 Å². The number of thiocarbonyl (C=S) groups is 6. The van der Waals surface area contributed by atoms with Gasteiger partial charge in [-0.15, -0.1) is 0 Å². The zero-order chi connectivity index (χ0) is 37.0. The summed E-state index contributed by atoms with van der Waals surface area (Å²) in [5, 5.41) is 18.6. The highest BCUT2D eigenvalue weighted by molar-refractivity contribution is 7.90. The van der Waals surface area contributed by atoms with Crippen LogP contribution < -0.4 is 30.5 Å². The first-order valence-electron chi connectivity index (χ1n) is 14.8. The average Bonchev–Trinajstić information content (AvgIpc) is 2.78. The Morgan fingerprint density at radius 1 is 0.333 bits per heavy atom. The lowest BCUT2D eigenvalue weighted by Crippen LogP contribution is -2.39. The van der Waals surface area contributed by atoms with Crippen LogP contribution in [0.1, 0.15) is 83.1 Å². The summed E-state index contributed by atoms with van der Waals surface area (Å²) >= 11 is 33.7. The van der Waals surface area contributed by atoms with E-state index in [1.165, 1.54) is 0 Å². The van der Waals surface area contributed by atoms with E-state index >= 15 is 0 Å². The van der Waals surface area contributed by atoms with Crippen LogP contribution >= 0.6 is 95.8 Å². The summed E-state index contributed by atoms with van der Waals surface area (Å²) in [4.78, 5) is 0. The maximum Gasteiger partial charge on any atom is 0.274 e. The molecule has 6 N–H and O–H groups in total. The summed E-state index contributed by atoms with van der Waals surface area (Å²) in [5.41, 5.74) is 0. The van der Waals surface area contributed by atoms with E-state index in [0.717, 1.165) is 0 Å². The van der Waals surface area contributed by atoms with Gasteiger partial charge in [-0.05, 0) is 156 Å². The van der Waals surface area contributed by atoms with Gasteiger partial charge in [0.25, 0.3) is 53.6 Å². The third kappa shape index (κ3) is 17.2. The highest BCUT2D eigenvalue weighted by Crippen LogP contribution is 2.71. The lowest BCUT2D eigenvalue weighted by atomic mass is 10.5. The van der Waals surface area contributed by atoms with Crippen LogP contribution in [0.3, 0.4) is 0 Å². The second-order valence-electron chi connectivity index (χ2n) is 11.5. The van der Waals surface area contributed by atoms with E-state index in [0.29, 0.717) is 0 Å². The van der Waals surface area contributed by atoms with Crippen molar-refractivity contribution >= 4 is 127 Å². The van der Waals surface area contributed by atoms with Gasteiger partial charge in [-0.3, -0.25) is 30.5 Å². The first-order chi connectivity index (χ1) is 22.0. The summed E-state index contributed by atoms with van der Waals surface area (Å²) in [6, 6.07) is 0. The van der Waals surface area contributed by atoms with Crippen molar-refractivity contribution < 1.29 is 28.4 Å². The highest BCUT2D eigenvalue weighted by Gasteiger charge is 2.43. The van der Waals surface area contributed by atoms with Gasteiger partial charge in [0, 0.05) is 0 Å². The molecule has 15 nitrogen and oxygen atoms in total. The molecule has 0 bridgehead atoms. The molecule has 0 saturated heterocycles. The van der Waals surface area contributed by atoms with Gasteiger partial charge in [0.15, 0.2) is 0 Å². The number of ether oxygens (including phenoxy) is 6. The minimum atomic E-state index is -3.71. The predicted molar refractivity (Wildman–Crippen MR) is 220 cm³/mol. The molecular weight excluding hydrogens is 796 g/mol. The summed E-state index contributed by atoms with van der Waals surface area (Å²) in [6.07, 6.45) is -1.82. The lowest BCUT2D eigenvalue weighted by Gasteiger charge is -2.38. The van der Waals surface area contributed by atoms with Crippen LogP contribution in [0, 0.1) is 0 Å². The lowest BCUT2D eigenvalue weighted by molar-refractivity contribution is 0.227. The third-order valence-electron chi connectivity index (χ3n) is 4.32. The van der Waals surface area contributed by atoms with Gasteiger partial charge in [0.1, 0.15) is 0 Å². The largest absolute Gasteiger partial charge is 0.468 e. The van der Waals surface area contributed by atoms with Gasteiger partial charge in [0.05, 0.1) is 36.6 Å². The Balaban J connectivity index is 4.44. The molecule has 1 aliphatic heterocycles. The molecule has 48 heavy (non-hydrogen) atoms. The fraction of sp³-hybridized carbons (Fsp3) is 0.750. The summed E-state index contributed by atoms with van der Waals surface area (Å²) < 4.78 is 50.3. The number of hydrogen-bond acceptors (Lipinski definition) is 15. The molecule has 1 aliphatic rings. The van der Waals surface area contributed by atoms with Crippen LogP contribution in [0.25, 0.3) is 0 Å². The molecule has 0 saturated carbocycles. The summed E-state index contributed by atoms with van der Waals surface area (Å²) in [7, 11) is -11.1. The Morgan fingerprint density at radius 2 is 0.458 bits per heavy atom. The highest BCUT2D eigenvalue weighted by atomic mass is 32.1. The molecule has 0 aromatic carbocycles. The van der Waals surface area contributed by atoms with Crippen molar-refractivity contribution in [3.8, 4) is 0 Å². The van der Waals surface area contributed by atoms with Gasteiger partial charge < -0.3 is 28.4 Å². The minimum Gasteiger partial charge on any atom is -0.468 e. The van der Waals surface area contributed by atoms with E-state index in [4.69, 9.17) is 115 Å². The van der Waals surface area contributed by atoms with Crippen molar-refractivity contribution in [3.05, 3.63) is 0 Å². The predicted octanol–water partition coefficient (Wildman–Crippen LogP) is 7.64. The van der Waals surface area contributed by atoms with Crippen molar-refractivity contribution in [2.75, 3.05) is 0 Å². The van der Waals surface area contributed by atoms with Crippen molar-refractivity contribution in [2.24, 2.45) is 13.5 Å². The molecule has 0 radical (unpaired) electrons. The van der Waals surface area contributed by atoms with Crippen molar-refractivity contribution in [3.63, 3.8) is 0 Å². The van der Waals surface area contributed by atoms with Gasteiger partial charge in [-0.2, -0.15) is 13.5 Å². The zero-order valence-corrected chi connectivity index (χ0v) is 36.6. The summed E-state index contributed by atoms with van der Waals surface area (Å²) in [5.74, 6) is 0. The third-order valence-corrected chi connectivity index (χ3v) is 15.7. The Morgan fingerprint density at radius 3 is 0.562 bits per heavy atom. The molecule has 1 rings (SSSR count). The van der Waals surface area contributed by atoms with Crippen molar-refractivity contribution in [1.82, 2.24) is 30.5 Å². The van der Waals surface area contributed by atoms with Crippen molar-refractivity contribution in [1.29, 1.82) is 0 Å². The van der Waals surface area contributed by atoms with E-state index in [1.54, 1.807) is 0 Å². The standard InChI is InChI=1S/C24H48N9O6P3S6/c1-13(2)34-19(43)25-40(26-20(44)35-14(3)4)31-41(27-21(45)36-15(5)6,28-22(46)37-16(7)8)33-42(32-40,29-23(47)38-17(9)10)30-24(48)39-18(11)12/h13-18H,1-12H3,(H,25,43)(H,26,44)(H,27,45)(H,28,46)(H,29,47)(H,30,48). The molecule has 0 fully saturated rings. The van der Waals surface area contributed by atoms with E-state index in [2.05, 4.69) is 30.5 Å². The normalized spacial score (nSPS) is 15.6. The summed E-state index contributed by atoms with van der Waals surface area (Å²) in [6.45, 7) is 21.8. The van der Waals surface area contributed by atoms with Gasteiger partial charge in [-0.1, -0.05) is 0 Å². The quantitative estimate of drug-likeness (QED) is 0.0838. The van der Waals surface area contributed by atoms with Gasteiger partial charge in [0.2, 0.25) is 0 Å². The molecule has 0 spiro atoms. The second kappa shape index (κ2) is 20.0. The molecular formula is C24H48N9O6P3S6. The van der Waals surface area contributed by atoms with Crippen LogP contribution in [0.4, 0.5) is 0 Å². The molecule has 0 aliphatic carbocycles. The molecule has 0 aromatic heterocycles. The molecule has 276 valence electrons. The molecule has 0 atom stereocenters. The molecule has 0 amide bonds. The maximum atomic E-state index is 5.83. The van der Waals surface area contributed by atoms with E-state index < -0.39 is 22.5 Å². The SMILES string of the molecule is CC(C)OC(=S)NP1(NC(=S)OC(C)C)=NP(NC(=S)OC(C)C)(NC(=S)OC(C)C)=NP(NC(=S)OC(C)C)(NC(=S)OC(C)C)=N1. The zero-order valence-electron chi connectivity index (χ0n) is 29.0. The molecule has 1 heterocycles. The van der Waals surface area contributed by atoms with E-state index in [1.807, 2.05) is 83.1 Å². The number of nitrogens with zero attached hydrogens (tertiary/aromatic N) is 3. The Bertz CT molecular complexity index is 1130. The molecule has 24 heteroatoms. The maximum absolute atomic E-state index is 5.83. The number of rotatable bonds is 12. The second-order valence-corrected chi connectivity index (χ2v) is 20.8. The first-order valence-corrected chi connectivity index (χ1v) is 22.4. The van der Waals surface area contributed by atoms with Crippen LogP contribution in [-0.4, -0.2) is 67.7 Å². The minimum absolute atomic E-state index is 0.0483. The van der Waals surface area contributed by atoms with Crippen LogP contribution in [-0.2, 0) is 28.4 Å². The van der Waals surface area contributed by atoms with Crippen LogP contribution in [0.15, 0.2) is 13.5 Å². The smallest absolute Gasteiger partial charge is 0.274 e. The van der Waals surface area contributed by atoms with Crippen LogP contribution in [0.5, 0.6) is 0 Å². The average molecular weight is 844 g/mol. The Labute approximate surface area is 317 Å². The van der Waals surface area contributed by atoms with Crippen LogP contribution in [0.2, 0.25) is 0 Å². The topological polar surface area (TPSA) is 165 Å². The molecule has 0 unspecified atom stereocenters. The van der Waals surface area contributed by atoms with E-state index in [-0.39, 0.29) is 67.7 Å². The number of hydrogen-bond donors (Lipinski definition) is 6. The first kappa shape index (κ1) is 44.9. The Kier molecular flexibility index (Phi) is 18.7. The van der Waals surface area contributed by atoms with E-state index in [9.17, 15) is 0 Å². The molecule has 0 aromatic rings. The fourth-order valence-corrected chi connectivity index (χ4v) is 16.7.